The minimum Gasteiger partial charge on any atom is -0.497 e. The molecule has 0 bridgehead atoms. The molecule has 2 rings (SSSR count). The summed E-state index contributed by atoms with van der Waals surface area (Å²) in [5.74, 6) is -0.105. The van der Waals surface area contributed by atoms with Crippen LogP contribution in [0.15, 0.2) is 59.7 Å². The number of ether oxygens (including phenoxy) is 1. The maximum absolute atomic E-state index is 13.0. The zero-order valence-electron chi connectivity index (χ0n) is 15.2. The molecule has 0 fully saturated rings. The summed E-state index contributed by atoms with van der Waals surface area (Å²) in [7, 11) is 3.21. The average molecular weight is 367 g/mol. The van der Waals surface area contributed by atoms with Crippen molar-refractivity contribution < 1.29 is 14.3 Å². The van der Waals surface area contributed by atoms with Gasteiger partial charge in [0.1, 0.15) is 18.3 Å². The fraction of sp³-hybridized carbons (Fsp3) is 0.263. The fourth-order valence-electron chi connectivity index (χ4n) is 2.55. The molecule has 2 aromatic carbocycles. The molecule has 2 aromatic rings. The number of methoxy groups -OCH3 is 1. The Morgan fingerprint density at radius 2 is 1.85 bits per heavy atom. The zero-order valence-corrected chi connectivity index (χ0v) is 15.2. The van der Waals surface area contributed by atoms with Crippen molar-refractivity contribution in [2.75, 3.05) is 25.6 Å². The number of carbonyl (C=O) groups excluding carboxylic acids is 2. The number of nitrogens with one attached hydrogen (secondary N) is 1. The number of rotatable bonds is 8. The third kappa shape index (κ3) is 5.76. The maximum atomic E-state index is 13.0. The summed E-state index contributed by atoms with van der Waals surface area (Å²) < 4.78 is 5.13. The van der Waals surface area contributed by atoms with Gasteiger partial charge in [-0.2, -0.15) is 0 Å². The highest BCUT2D eigenvalue weighted by Gasteiger charge is 2.25. The molecular weight excluding hydrogens is 346 g/mol. The molecule has 8 heteroatoms. The molecule has 0 radical (unpaired) electrons. The molecule has 0 spiro atoms. The number of anilines is 1. The Kier molecular flexibility index (Phi) is 7.22. The van der Waals surface area contributed by atoms with E-state index >= 15 is 0 Å². The number of benzene rings is 2. The van der Waals surface area contributed by atoms with Gasteiger partial charge in [0.25, 0.3) is 0 Å². The van der Waals surface area contributed by atoms with Crippen LogP contribution in [0, 0.1) is 0 Å². The third-order valence-electron chi connectivity index (χ3n) is 3.98. The van der Waals surface area contributed by atoms with Crippen molar-refractivity contribution in [1.29, 1.82) is 0 Å². The summed E-state index contributed by atoms with van der Waals surface area (Å²) in [6, 6.07) is 15.6. The summed E-state index contributed by atoms with van der Waals surface area (Å²) in [6.45, 7) is -0.360. The fourth-order valence-corrected chi connectivity index (χ4v) is 2.55. The van der Waals surface area contributed by atoms with E-state index in [1.54, 1.807) is 38.4 Å². The molecule has 27 heavy (non-hydrogen) atoms. The van der Waals surface area contributed by atoms with Gasteiger partial charge < -0.3 is 15.0 Å². The van der Waals surface area contributed by atoms with Crippen molar-refractivity contribution >= 4 is 17.5 Å². The minimum absolute atomic E-state index is 0.279. The first-order valence-electron chi connectivity index (χ1n) is 8.31. The Labute approximate surface area is 157 Å². The lowest BCUT2D eigenvalue weighted by Crippen LogP contribution is -2.49. The quantitative estimate of drug-likeness (QED) is 0.440. The summed E-state index contributed by atoms with van der Waals surface area (Å²) in [6.07, 6.45) is 0.322. The predicted molar refractivity (Wildman–Crippen MR) is 102 cm³/mol. The summed E-state index contributed by atoms with van der Waals surface area (Å²) in [5, 5.41) is 5.90. The Bertz CT molecular complexity index is 817. The molecule has 0 heterocycles. The van der Waals surface area contributed by atoms with Gasteiger partial charge in [-0.25, -0.2) is 0 Å². The third-order valence-corrected chi connectivity index (χ3v) is 3.98. The second-order valence-corrected chi connectivity index (χ2v) is 5.79. The lowest BCUT2D eigenvalue weighted by molar-refractivity contribution is -0.126. The Morgan fingerprint density at radius 1 is 1.19 bits per heavy atom. The molecule has 0 aliphatic rings. The van der Waals surface area contributed by atoms with Gasteiger partial charge in [0.2, 0.25) is 11.8 Å². The van der Waals surface area contributed by atoms with Gasteiger partial charge in [-0.15, -0.1) is 0 Å². The summed E-state index contributed by atoms with van der Waals surface area (Å²) >= 11 is 0. The largest absolute Gasteiger partial charge is 0.497 e. The number of likely N-dealkylation sites (N-methyl/N-ethyl adjacent to an activating group) is 1. The zero-order chi connectivity index (χ0) is 19.6. The van der Waals surface area contributed by atoms with E-state index in [-0.39, 0.29) is 12.5 Å². The molecule has 0 aliphatic carbocycles. The monoisotopic (exact) mass is 367 g/mol. The molecule has 2 amide bonds. The van der Waals surface area contributed by atoms with Gasteiger partial charge in [-0.3, -0.25) is 9.59 Å². The lowest BCUT2D eigenvalue weighted by atomic mass is 10.0. The number of amides is 2. The van der Waals surface area contributed by atoms with E-state index in [2.05, 4.69) is 15.3 Å². The first-order valence-corrected chi connectivity index (χ1v) is 8.31. The van der Waals surface area contributed by atoms with Gasteiger partial charge in [0, 0.05) is 24.1 Å². The standard InChI is InChI=1S/C19H21N5O3/c1-24(15-8-10-16(27-2)11-9-15)19(26)17(22-18(25)13-21-23-20)12-14-6-4-3-5-7-14/h3-11,17H,12-13H2,1-2H3,(H,22,25). The van der Waals surface area contributed by atoms with E-state index in [1.807, 2.05) is 30.3 Å². The Hall–Kier alpha value is -3.51. The van der Waals surface area contributed by atoms with Crippen LogP contribution in [0.4, 0.5) is 5.69 Å². The van der Waals surface area contributed by atoms with Crippen molar-refractivity contribution in [3.63, 3.8) is 0 Å². The van der Waals surface area contributed by atoms with Crippen molar-refractivity contribution in [1.82, 2.24) is 5.32 Å². The van der Waals surface area contributed by atoms with E-state index in [9.17, 15) is 9.59 Å². The van der Waals surface area contributed by atoms with E-state index in [0.29, 0.717) is 17.9 Å². The van der Waals surface area contributed by atoms with Crippen LogP contribution < -0.4 is 15.0 Å². The molecule has 1 atom stereocenters. The number of carbonyl (C=O) groups is 2. The molecule has 1 unspecified atom stereocenters. The second-order valence-electron chi connectivity index (χ2n) is 5.79. The maximum Gasteiger partial charge on any atom is 0.249 e. The molecule has 8 nitrogen and oxygen atoms in total. The van der Waals surface area contributed by atoms with Crippen molar-refractivity contribution in [3.05, 3.63) is 70.6 Å². The van der Waals surface area contributed by atoms with Crippen LogP contribution in [0.1, 0.15) is 5.56 Å². The molecular formula is C19H21N5O3. The van der Waals surface area contributed by atoms with Crippen LogP contribution in [-0.4, -0.2) is 38.6 Å². The SMILES string of the molecule is COc1ccc(N(C)C(=O)C(Cc2ccccc2)NC(=O)CN=[N+]=[N-])cc1. The van der Waals surface area contributed by atoms with Crippen molar-refractivity contribution in [2.45, 2.75) is 12.5 Å². The van der Waals surface area contributed by atoms with Crippen molar-refractivity contribution in [3.8, 4) is 5.75 Å². The highest BCUT2D eigenvalue weighted by Crippen LogP contribution is 2.19. The lowest BCUT2D eigenvalue weighted by Gasteiger charge is -2.25. The number of hydrogen-bond acceptors (Lipinski definition) is 4. The van der Waals surface area contributed by atoms with Gasteiger partial charge >= 0.3 is 0 Å². The molecule has 0 saturated heterocycles. The van der Waals surface area contributed by atoms with E-state index < -0.39 is 11.9 Å². The Morgan fingerprint density at radius 3 is 2.44 bits per heavy atom. The van der Waals surface area contributed by atoms with Crippen LogP contribution in [0.5, 0.6) is 5.75 Å². The van der Waals surface area contributed by atoms with Crippen LogP contribution in [-0.2, 0) is 16.0 Å². The van der Waals surface area contributed by atoms with E-state index in [4.69, 9.17) is 10.3 Å². The second kappa shape index (κ2) is 9.84. The topological polar surface area (TPSA) is 107 Å². The molecule has 1 N–H and O–H groups in total. The first kappa shape index (κ1) is 19.8. The highest BCUT2D eigenvalue weighted by molar-refractivity contribution is 5.99. The summed E-state index contributed by atoms with van der Waals surface area (Å²) in [5.41, 5.74) is 9.94. The van der Waals surface area contributed by atoms with Gasteiger partial charge in [-0.1, -0.05) is 35.4 Å². The first-order chi connectivity index (χ1) is 13.0. The molecule has 0 aliphatic heterocycles. The molecule has 0 aromatic heterocycles. The highest BCUT2D eigenvalue weighted by atomic mass is 16.5. The van der Waals surface area contributed by atoms with Gasteiger partial charge in [0.15, 0.2) is 0 Å². The van der Waals surface area contributed by atoms with E-state index in [1.165, 1.54) is 4.90 Å². The van der Waals surface area contributed by atoms with Crippen molar-refractivity contribution in [2.24, 2.45) is 5.11 Å². The number of hydrogen-bond donors (Lipinski definition) is 1. The van der Waals surface area contributed by atoms with Crippen LogP contribution in [0.2, 0.25) is 0 Å². The minimum atomic E-state index is -0.791. The average Bonchev–Trinajstić information content (AvgIpc) is 2.71. The molecule has 0 saturated carbocycles. The van der Waals surface area contributed by atoms with Crippen LogP contribution in [0.3, 0.4) is 0 Å². The predicted octanol–water partition coefficient (Wildman–Crippen LogP) is 2.70. The summed E-state index contributed by atoms with van der Waals surface area (Å²) in [4.78, 5) is 29.0. The number of nitrogens with zero attached hydrogens (tertiary/aromatic N) is 4. The molecule has 140 valence electrons. The van der Waals surface area contributed by atoms with Crippen LogP contribution >= 0.6 is 0 Å². The Balaban J connectivity index is 2.19. The number of azide groups is 1. The normalized spacial score (nSPS) is 11.0. The van der Waals surface area contributed by atoms with E-state index in [0.717, 1.165) is 5.56 Å². The van der Waals surface area contributed by atoms with Gasteiger partial charge in [-0.05, 0) is 35.4 Å². The van der Waals surface area contributed by atoms with Gasteiger partial charge in [0.05, 0.1) is 7.11 Å². The smallest absolute Gasteiger partial charge is 0.249 e. The van der Waals surface area contributed by atoms with Crippen LogP contribution in [0.25, 0.3) is 10.4 Å².